The molecule has 0 bridgehead atoms. The minimum atomic E-state index is -3.81. The maximum atomic E-state index is 12.9. The number of carbonyl (C=O) groups excluding carboxylic acids is 1. The topological polar surface area (TPSA) is 75.7 Å². The number of likely N-dealkylation sites (tertiary alicyclic amines) is 1. The fraction of sp³-hybridized carbons (Fsp3) is 0.316. The van der Waals surface area contributed by atoms with Crippen LogP contribution in [0, 0.1) is 12.7 Å². The molecule has 1 aliphatic rings. The first-order valence-corrected chi connectivity index (χ1v) is 10.1. The summed E-state index contributed by atoms with van der Waals surface area (Å²) in [4.78, 5) is 13.9. The smallest absolute Gasteiger partial charge is 0.261 e. The number of hydrogen-bond donors (Lipinski definition) is 1. The molecule has 8 heteroatoms. The van der Waals surface area contributed by atoms with Gasteiger partial charge in [-0.05, 0) is 67.8 Å². The average molecular weight is 392 g/mol. The fourth-order valence-corrected chi connectivity index (χ4v) is 4.02. The highest BCUT2D eigenvalue weighted by Gasteiger charge is 2.19. The molecule has 1 N–H and O–H groups in total. The van der Waals surface area contributed by atoms with Crippen molar-refractivity contribution in [2.45, 2.75) is 24.7 Å². The van der Waals surface area contributed by atoms with Crippen molar-refractivity contribution in [3.05, 3.63) is 53.8 Å². The number of anilines is 1. The van der Waals surface area contributed by atoms with Crippen LogP contribution in [0.25, 0.3) is 0 Å². The fourth-order valence-electron chi connectivity index (χ4n) is 2.88. The molecule has 2 aromatic carbocycles. The Morgan fingerprint density at radius 3 is 2.44 bits per heavy atom. The van der Waals surface area contributed by atoms with Gasteiger partial charge in [-0.3, -0.25) is 9.52 Å². The molecule has 1 aliphatic heterocycles. The number of benzene rings is 2. The lowest BCUT2D eigenvalue weighted by molar-refractivity contribution is -0.132. The van der Waals surface area contributed by atoms with Gasteiger partial charge in [-0.1, -0.05) is 0 Å². The number of nitrogens with one attached hydrogen (secondary N) is 1. The minimum absolute atomic E-state index is 0.0579. The Morgan fingerprint density at radius 1 is 1.15 bits per heavy atom. The molecule has 0 saturated carbocycles. The van der Waals surface area contributed by atoms with Crippen molar-refractivity contribution in [2.75, 3.05) is 24.4 Å². The number of nitrogens with zero attached hydrogens (tertiary/aromatic N) is 1. The van der Waals surface area contributed by atoms with Gasteiger partial charge in [0.2, 0.25) is 0 Å². The molecule has 1 heterocycles. The molecule has 3 rings (SSSR count). The van der Waals surface area contributed by atoms with Crippen LogP contribution in [0.15, 0.2) is 47.4 Å². The molecule has 0 aromatic heterocycles. The maximum absolute atomic E-state index is 12.9. The van der Waals surface area contributed by atoms with Crippen molar-refractivity contribution in [3.63, 3.8) is 0 Å². The van der Waals surface area contributed by atoms with Crippen LogP contribution >= 0.6 is 0 Å². The zero-order valence-electron chi connectivity index (χ0n) is 14.9. The molecule has 0 spiro atoms. The highest BCUT2D eigenvalue weighted by Crippen LogP contribution is 2.24. The summed E-state index contributed by atoms with van der Waals surface area (Å²) in [5.74, 6) is -0.0522. The van der Waals surface area contributed by atoms with E-state index in [0.717, 1.165) is 25.9 Å². The molecular formula is C19H21FN2O4S. The third-order valence-electron chi connectivity index (χ3n) is 4.36. The molecule has 0 unspecified atom stereocenters. The molecule has 1 saturated heterocycles. The molecule has 6 nitrogen and oxygen atoms in total. The number of rotatable bonds is 6. The van der Waals surface area contributed by atoms with Crippen LogP contribution in [0.2, 0.25) is 0 Å². The van der Waals surface area contributed by atoms with Gasteiger partial charge in [0.25, 0.3) is 15.9 Å². The summed E-state index contributed by atoms with van der Waals surface area (Å²) in [5, 5.41) is 0. The van der Waals surface area contributed by atoms with Gasteiger partial charge in [-0.25, -0.2) is 12.8 Å². The van der Waals surface area contributed by atoms with Crippen LogP contribution < -0.4 is 9.46 Å². The van der Waals surface area contributed by atoms with Crippen molar-refractivity contribution in [2.24, 2.45) is 0 Å². The zero-order valence-corrected chi connectivity index (χ0v) is 15.8. The number of carbonyl (C=O) groups is 1. The van der Waals surface area contributed by atoms with Gasteiger partial charge in [-0.2, -0.15) is 0 Å². The van der Waals surface area contributed by atoms with E-state index in [1.54, 1.807) is 11.8 Å². The number of hydrogen-bond acceptors (Lipinski definition) is 4. The molecule has 1 fully saturated rings. The quantitative estimate of drug-likeness (QED) is 0.820. The van der Waals surface area contributed by atoms with E-state index in [1.165, 1.54) is 42.5 Å². The summed E-state index contributed by atoms with van der Waals surface area (Å²) < 4.78 is 45.9. The van der Waals surface area contributed by atoms with E-state index < -0.39 is 15.8 Å². The normalized spacial score (nSPS) is 14.2. The van der Waals surface area contributed by atoms with Crippen molar-refractivity contribution < 1.29 is 22.3 Å². The Labute approximate surface area is 158 Å². The molecule has 2 aromatic rings. The van der Waals surface area contributed by atoms with Crippen molar-refractivity contribution >= 4 is 21.6 Å². The Morgan fingerprint density at radius 2 is 1.81 bits per heavy atom. The van der Waals surface area contributed by atoms with Gasteiger partial charge in [0.05, 0.1) is 4.90 Å². The van der Waals surface area contributed by atoms with Crippen LogP contribution in [0.3, 0.4) is 0 Å². The lowest BCUT2D eigenvalue weighted by Gasteiger charge is -2.16. The average Bonchev–Trinajstić information content (AvgIpc) is 3.17. The molecule has 0 radical (unpaired) electrons. The molecule has 27 heavy (non-hydrogen) atoms. The minimum Gasteiger partial charge on any atom is -0.483 e. The molecular weight excluding hydrogens is 371 g/mol. The number of ether oxygens (including phenoxy) is 1. The van der Waals surface area contributed by atoms with Gasteiger partial charge >= 0.3 is 0 Å². The first-order chi connectivity index (χ1) is 12.8. The van der Waals surface area contributed by atoms with Crippen LogP contribution in [0.4, 0.5) is 10.1 Å². The summed E-state index contributed by atoms with van der Waals surface area (Å²) in [5.41, 5.74) is 0.872. The summed E-state index contributed by atoms with van der Waals surface area (Å²) in [6.45, 7) is 3.16. The predicted octanol–water partition coefficient (Wildman–Crippen LogP) is 2.94. The first-order valence-electron chi connectivity index (χ1n) is 8.65. The Bertz CT molecular complexity index is 923. The summed E-state index contributed by atoms with van der Waals surface area (Å²) in [7, 11) is -3.81. The second-order valence-corrected chi connectivity index (χ2v) is 8.10. The Kier molecular flexibility index (Phi) is 5.65. The van der Waals surface area contributed by atoms with E-state index >= 15 is 0 Å². The standard InChI is InChI=1S/C19H21FN2O4S/c1-14-12-17(27(24,25)21-16-6-4-15(20)5-7-16)8-9-18(14)26-13-19(23)22-10-2-3-11-22/h4-9,12,21H,2-3,10-11,13H2,1H3. The van der Waals surface area contributed by atoms with Crippen molar-refractivity contribution in [1.29, 1.82) is 0 Å². The van der Waals surface area contributed by atoms with E-state index in [-0.39, 0.29) is 23.1 Å². The third kappa shape index (κ3) is 4.77. The Balaban J connectivity index is 1.67. The van der Waals surface area contributed by atoms with Crippen molar-refractivity contribution in [1.82, 2.24) is 4.90 Å². The van der Waals surface area contributed by atoms with E-state index in [2.05, 4.69) is 4.72 Å². The summed E-state index contributed by atoms with van der Waals surface area (Å²) in [6, 6.07) is 9.47. The van der Waals surface area contributed by atoms with Crippen LogP contribution in [0.5, 0.6) is 5.75 Å². The van der Waals surface area contributed by atoms with Gasteiger partial charge in [0, 0.05) is 18.8 Å². The maximum Gasteiger partial charge on any atom is 0.261 e. The lowest BCUT2D eigenvalue weighted by Crippen LogP contribution is -2.32. The number of amides is 1. The van der Waals surface area contributed by atoms with Crippen LogP contribution in [-0.2, 0) is 14.8 Å². The Hall–Kier alpha value is -2.61. The van der Waals surface area contributed by atoms with E-state index in [9.17, 15) is 17.6 Å². The molecule has 0 aliphatic carbocycles. The molecule has 1 amide bonds. The SMILES string of the molecule is Cc1cc(S(=O)(=O)Nc2ccc(F)cc2)ccc1OCC(=O)N1CCCC1. The van der Waals surface area contributed by atoms with Gasteiger partial charge in [0.15, 0.2) is 6.61 Å². The largest absolute Gasteiger partial charge is 0.483 e. The predicted molar refractivity (Wildman–Crippen MR) is 99.7 cm³/mol. The number of halogens is 1. The summed E-state index contributed by atoms with van der Waals surface area (Å²) >= 11 is 0. The molecule has 144 valence electrons. The van der Waals surface area contributed by atoms with E-state index in [0.29, 0.717) is 11.3 Å². The lowest BCUT2D eigenvalue weighted by atomic mass is 10.2. The van der Waals surface area contributed by atoms with Crippen LogP contribution in [-0.4, -0.2) is 38.9 Å². The van der Waals surface area contributed by atoms with E-state index in [1.807, 2.05) is 0 Å². The third-order valence-corrected chi connectivity index (χ3v) is 5.74. The molecule has 0 atom stereocenters. The van der Waals surface area contributed by atoms with Crippen molar-refractivity contribution in [3.8, 4) is 5.75 Å². The van der Waals surface area contributed by atoms with Gasteiger partial charge in [-0.15, -0.1) is 0 Å². The summed E-state index contributed by atoms with van der Waals surface area (Å²) in [6.07, 6.45) is 2.02. The first kappa shape index (κ1) is 19.2. The van der Waals surface area contributed by atoms with E-state index in [4.69, 9.17) is 4.74 Å². The monoisotopic (exact) mass is 392 g/mol. The highest BCUT2D eigenvalue weighted by atomic mass is 32.2. The van der Waals surface area contributed by atoms with Gasteiger partial charge in [0.1, 0.15) is 11.6 Å². The zero-order chi connectivity index (χ0) is 19.4. The van der Waals surface area contributed by atoms with Crippen LogP contribution in [0.1, 0.15) is 18.4 Å². The second-order valence-electron chi connectivity index (χ2n) is 6.42. The van der Waals surface area contributed by atoms with Gasteiger partial charge < -0.3 is 9.64 Å². The number of sulfonamides is 1. The second kappa shape index (κ2) is 7.96. The highest BCUT2D eigenvalue weighted by molar-refractivity contribution is 7.92. The number of aryl methyl sites for hydroxylation is 1.